The first-order chi connectivity index (χ1) is 12.7. The lowest BCUT2D eigenvalue weighted by Gasteiger charge is -2.16. The Kier molecular flexibility index (Phi) is 8.15. The molecule has 0 bridgehead atoms. The number of guanidine groups is 1. The molecule has 0 unspecified atom stereocenters. The molecule has 1 amide bonds. The second-order valence-electron chi connectivity index (χ2n) is 6.66. The van der Waals surface area contributed by atoms with Crippen molar-refractivity contribution >= 4 is 35.8 Å². The van der Waals surface area contributed by atoms with Gasteiger partial charge in [0, 0.05) is 59.1 Å². The zero-order valence-corrected chi connectivity index (χ0v) is 18.3. The average molecular weight is 481 g/mol. The minimum absolute atomic E-state index is 0. The molecule has 0 spiro atoms. The number of nitrogens with zero attached hydrogens (tertiary/aromatic N) is 3. The van der Waals surface area contributed by atoms with Gasteiger partial charge in [-0.05, 0) is 29.2 Å². The second-order valence-corrected chi connectivity index (χ2v) is 6.66. The van der Waals surface area contributed by atoms with Crippen LogP contribution in [0.1, 0.15) is 29.5 Å². The van der Waals surface area contributed by atoms with Crippen LogP contribution in [0, 0.1) is 0 Å². The fourth-order valence-corrected chi connectivity index (χ4v) is 3.19. The Morgan fingerprint density at radius 1 is 1.15 bits per heavy atom. The van der Waals surface area contributed by atoms with Crippen molar-refractivity contribution in [2.24, 2.45) is 12.0 Å². The number of carbonyl (C=O) groups excluding carboxylic acids is 1. The number of aromatic nitrogens is 1. The summed E-state index contributed by atoms with van der Waals surface area (Å²) in [6.07, 6.45) is 5.44. The third kappa shape index (κ3) is 5.98. The van der Waals surface area contributed by atoms with Gasteiger partial charge in [-0.25, -0.2) is 0 Å². The molecule has 146 valence electrons. The number of fused-ring (bicyclic) bond motifs is 1. The summed E-state index contributed by atoms with van der Waals surface area (Å²) in [5.41, 5.74) is 3.74. The van der Waals surface area contributed by atoms with Gasteiger partial charge in [0.25, 0.3) is 0 Å². The summed E-state index contributed by atoms with van der Waals surface area (Å²) in [4.78, 5) is 18.6. The molecule has 0 saturated heterocycles. The number of aryl methyl sites for hydroxylation is 1. The van der Waals surface area contributed by atoms with Gasteiger partial charge >= 0.3 is 0 Å². The minimum Gasteiger partial charge on any atom is -0.357 e. The smallest absolute Gasteiger partial charge is 0.223 e. The molecular formula is C20H28IN5O. The topological polar surface area (TPSA) is 61.7 Å². The normalized spacial score (nSPS) is 13.1. The number of aliphatic imine (C=N–C) groups is 1. The van der Waals surface area contributed by atoms with E-state index in [-0.39, 0.29) is 29.9 Å². The molecule has 0 fully saturated rings. The van der Waals surface area contributed by atoms with Gasteiger partial charge in [-0.1, -0.05) is 24.3 Å². The van der Waals surface area contributed by atoms with Crippen LogP contribution in [-0.4, -0.2) is 34.9 Å². The predicted octanol–water partition coefficient (Wildman–Crippen LogP) is 2.63. The highest BCUT2D eigenvalue weighted by Gasteiger charge is 2.22. The van der Waals surface area contributed by atoms with Crippen LogP contribution >= 0.6 is 24.0 Å². The summed E-state index contributed by atoms with van der Waals surface area (Å²) in [6, 6.07) is 10.3. The summed E-state index contributed by atoms with van der Waals surface area (Å²) in [7, 11) is 3.76. The van der Waals surface area contributed by atoms with E-state index in [1.807, 2.05) is 34.8 Å². The highest BCUT2D eigenvalue weighted by molar-refractivity contribution is 14.0. The van der Waals surface area contributed by atoms with E-state index in [1.165, 1.54) is 16.7 Å². The van der Waals surface area contributed by atoms with Gasteiger partial charge in [-0.15, -0.1) is 24.0 Å². The molecular weight excluding hydrogens is 453 g/mol. The summed E-state index contributed by atoms with van der Waals surface area (Å²) in [5, 5.41) is 6.56. The Morgan fingerprint density at radius 2 is 1.85 bits per heavy atom. The first-order valence-electron chi connectivity index (χ1n) is 9.05. The summed E-state index contributed by atoms with van der Waals surface area (Å²) >= 11 is 0. The number of hydrogen-bond donors (Lipinski definition) is 2. The number of hydrogen-bond acceptors (Lipinski definition) is 2. The van der Waals surface area contributed by atoms with Gasteiger partial charge in [0.05, 0.1) is 0 Å². The quantitative estimate of drug-likeness (QED) is 0.289. The van der Waals surface area contributed by atoms with Gasteiger partial charge in [-0.3, -0.25) is 9.79 Å². The number of rotatable bonds is 6. The van der Waals surface area contributed by atoms with E-state index in [0.29, 0.717) is 6.42 Å². The predicted molar refractivity (Wildman–Crippen MR) is 119 cm³/mol. The molecule has 1 aliphatic rings. The molecule has 7 heteroatoms. The summed E-state index contributed by atoms with van der Waals surface area (Å²) in [5.74, 6) is 0.977. The maximum Gasteiger partial charge on any atom is 0.223 e. The van der Waals surface area contributed by atoms with Crippen LogP contribution in [-0.2, 0) is 31.5 Å². The van der Waals surface area contributed by atoms with Gasteiger partial charge < -0.3 is 20.1 Å². The van der Waals surface area contributed by atoms with Crippen molar-refractivity contribution in [2.75, 3.05) is 13.6 Å². The number of halogens is 1. The maximum atomic E-state index is 12.4. The van der Waals surface area contributed by atoms with Crippen molar-refractivity contribution in [3.8, 4) is 0 Å². The lowest BCUT2D eigenvalue weighted by Crippen LogP contribution is -2.37. The molecule has 0 atom stereocenters. The number of amides is 1. The molecule has 1 aliphatic heterocycles. The molecule has 1 aromatic heterocycles. The molecule has 2 N–H and O–H groups in total. The fourth-order valence-electron chi connectivity index (χ4n) is 3.19. The zero-order valence-electron chi connectivity index (χ0n) is 15.9. The summed E-state index contributed by atoms with van der Waals surface area (Å²) in [6.45, 7) is 2.93. The highest BCUT2D eigenvalue weighted by Crippen LogP contribution is 2.22. The van der Waals surface area contributed by atoms with Crippen molar-refractivity contribution in [1.29, 1.82) is 0 Å². The molecule has 0 radical (unpaired) electrons. The number of carbonyl (C=O) groups is 1. The molecule has 6 nitrogen and oxygen atoms in total. The van der Waals surface area contributed by atoms with E-state index in [4.69, 9.17) is 0 Å². The standard InChI is InChI=1S/C20H27N5O.HI/c1-21-20(23-12-16-9-11-24(2)13-16)22-10-5-8-19(26)25-14-17-6-3-4-7-18(17)15-25;/h3-4,6-7,9,11,13H,5,8,10,12,14-15H2,1-2H3,(H2,21,22,23);1H. The summed E-state index contributed by atoms with van der Waals surface area (Å²) < 4.78 is 2.02. The van der Waals surface area contributed by atoms with E-state index in [1.54, 1.807) is 7.05 Å². The lowest BCUT2D eigenvalue weighted by molar-refractivity contribution is -0.131. The Hall–Kier alpha value is -2.03. The van der Waals surface area contributed by atoms with Crippen LogP contribution in [0.5, 0.6) is 0 Å². The van der Waals surface area contributed by atoms with Crippen LogP contribution in [0.4, 0.5) is 0 Å². The molecule has 27 heavy (non-hydrogen) atoms. The number of nitrogens with one attached hydrogen (secondary N) is 2. The Morgan fingerprint density at radius 3 is 2.44 bits per heavy atom. The van der Waals surface area contributed by atoms with E-state index >= 15 is 0 Å². The first-order valence-corrected chi connectivity index (χ1v) is 9.05. The maximum absolute atomic E-state index is 12.4. The van der Waals surface area contributed by atoms with Crippen molar-refractivity contribution < 1.29 is 4.79 Å². The van der Waals surface area contributed by atoms with Gasteiger partial charge in [0.1, 0.15) is 0 Å². The third-order valence-electron chi connectivity index (χ3n) is 4.63. The number of benzene rings is 1. The van der Waals surface area contributed by atoms with Gasteiger partial charge in [-0.2, -0.15) is 0 Å². The van der Waals surface area contributed by atoms with Crippen LogP contribution in [0.15, 0.2) is 47.7 Å². The second kappa shape index (κ2) is 10.3. The van der Waals surface area contributed by atoms with E-state index in [9.17, 15) is 4.79 Å². The molecule has 0 saturated carbocycles. The molecule has 0 aliphatic carbocycles. The largest absolute Gasteiger partial charge is 0.357 e. The van der Waals surface area contributed by atoms with Gasteiger partial charge in [0.2, 0.25) is 5.91 Å². The third-order valence-corrected chi connectivity index (χ3v) is 4.63. The average Bonchev–Trinajstić information content (AvgIpc) is 3.26. The monoisotopic (exact) mass is 481 g/mol. The molecule has 2 aromatic rings. The van der Waals surface area contributed by atoms with Crippen LogP contribution in [0.3, 0.4) is 0 Å². The van der Waals surface area contributed by atoms with Crippen LogP contribution in [0.25, 0.3) is 0 Å². The lowest BCUT2D eigenvalue weighted by atomic mass is 10.1. The molecule has 2 heterocycles. The minimum atomic E-state index is 0. The van der Waals surface area contributed by atoms with E-state index < -0.39 is 0 Å². The fraction of sp³-hybridized carbons (Fsp3) is 0.400. The molecule has 1 aromatic carbocycles. The van der Waals surface area contributed by atoms with Crippen LogP contribution < -0.4 is 10.6 Å². The Labute approximate surface area is 178 Å². The Bertz CT molecular complexity index is 761. The van der Waals surface area contributed by atoms with Crippen molar-refractivity contribution in [2.45, 2.75) is 32.5 Å². The molecule has 3 rings (SSSR count). The van der Waals surface area contributed by atoms with Crippen molar-refractivity contribution in [3.63, 3.8) is 0 Å². The van der Waals surface area contributed by atoms with E-state index in [0.717, 1.165) is 38.6 Å². The SMILES string of the molecule is CN=C(NCCCC(=O)N1Cc2ccccc2C1)NCc1ccn(C)c1.I. The first kappa shape index (κ1) is 21.3. The van der Waals surface area contributed by atoms with Crippen molar-refractivity contribution in [1.82, 2.24) is 20.1 Å². The van der Waals surface area contributed by atoms with Crippen LogP contribution in [0.2, 0.25) is 0 Å². The van der Waals surface area contributed by atoms with Crippen molar-refractivity contribution in [3.05, 3.63) is 59.4 Å². The zero-order chi connectivity index (χ0) is 18.4. The van der Waals surface area contributed by atoms with E-state index in [2.05, 4.69) is 40.0 Å². The van der Waals surface area contributed by atoms with Gasteiger partial charge in [0.15, 0.2) is 5.96 Å². The Balaban J connectivity index is 0.00000261. The highest BCUT2D eigenvalue weighted by atomic mass is 127.